The molecular formula is C16H24N2O3. The summed E-state index contributed by atoms with van der Waals surface area (Å²) in [5.74, 6) is 0.385. The highest BCUT2D eigenvalue weighted by Gasteiger charge is 2.10. The van der Waals surface area contributed by atoms with Crippen LogP contribution < -0.4 is 10.1 Å². The molecule has 1 heterocycles. The van der Waals surface area contributed by atoms with E-state index in [0.717, 1.165) is 39.1 Å². The lowest BCUT2D eigenvalue weighted by Gasteiger charge is -2.26. The van der Waals surface area contributed by atoms with E-state index in [4.69, 9.17) is 9.47 Å². The minimum Gasteiger partial charge on any atom is -0.482 e. The molecule has 1 saturated heterocycles. The molecule has 1 aliphatic heterocycles. The Hall–Kier alpha value is -1.59. The lowest BCUT2D eigenvalue weighted by Crippen LogP contribution is -2.44. The van der Waals surface area contributed by atoms with Crippen LogP contribution >= 0.6 is 0 Å². The molecule has 2 rings (SSSR count). The van der Waals surface area contributed by atoms with E-state index >= 15 is 0 Å². The van der Waals surface area contributed by atoms with Crippen LogP contribution in [0.25, 0.3) is 0 Å². The highest BCUT2D eigenvalue weighted by molar-refractivity contribution is 5.71. The molecule has 1 N–H and O–H groups in total. The van der Waals surface area contributed by atoms with E-state index < -0.39 is 0 Å². The molecule has 1 fully saturated rings. The van der Waals surface area contributed by atoms with Crippen LogP contribution in [0.15, 0.2) is 24.3 Å². The van der Waals surface area contributed by atoms with Gasteiger partial charge in [-0.25, -0.2) is 4.79 Å². The van der Waals surface area contributed by atoms with Gasteiger partial charge in [-0.15, -0.1) is 0 Å². The highest BCUT2D eigenvalue weighted by atomic mass is 16.6. The van der Waals surface area contributed by atoms with Gasteiger partial charge in [0.15, 0.2) is 6.61 Å². The van der Waals surface area contributed by atoms with E-state index in [-0.39, 0.29) is 12.6 Å². The van der Waals surface area contributed by atoms with Gasteiger partial charge >= 0.3 is 5.97 Å². The van der Waals surface area contributed by atoms with Gasteiger partial charge in [0.1, 0.15) is 12.4 Å². The molecule has 1 aromatic rings. The second-order valence-electron chi connectivity index (χ2n) is 5.10. The minimum absolute atomic E-state index is 0.0347. The van der Waals surface area contributed by atoms with Crippen molar-refractivity contribution in [2.45, 2.75) is 13.3 Å². The molecule has 1 aromatic carbocycles. The van der Waals surface area contributed by atoms with E-state index in [2.05, 4.69) is 17.1 Å². The van der Waals surface area contributed by atoms with Gasteiger partial charge in [-0.3, -0.25) is 4.90 Å². The van der Waals surface area contributed by atoms with Crippen LogP contribution in [-0.4, -0.2) is 56.8 Å². The molecular weight excluding hydrogens is 268 g/mol. The normalized spacial score (nSPS) is 15.7. The van der Waals surface area contributed by atoms with Crippen LogP contribution in [0.4, 0.5) is 0 Å². The Morgan fingerprint density at radius 3 is 2.62 bits per heavy atom. The van der Waals surface area contributed by atoms with Crippen LogP contribution in [0, 0.1) is 0 Å². The molecule has 0 spiro atoms. The van der Waals surface area contributed by atoms with Crippen LogP contribution in [0.3, 0.4) is 0 Å². The number of carbonyl (C=O) groups is 1. The molecule has 0 aliphatic carbocycles. The number of nitrogens with zero attached hydrogens (tertiary/aromatic N) is 1. The number of aryl methyl sites for hydroxylation is 1. The zero-order chi connectivity index (χ0) is 14.9. The van der Waals surface area contributed by atoms with Gasteiger partial charge < -0.3 is 14.8 Å². The Bertz CT molecular complexity index is 428. The van der Waals surface area contributed by atoms with Gasteiger partial charge in [0, 0.05) is 32.7 Å². The van der Waals surface area contributed by atoms with E-state index in [9.17, 15) is 4.79 Å². The summed E-state index contributed by atoms with van der Waals surface area (Å²) in [4.78, 5) is 13.9. The fourth-order valence-corrected chi connectivity index (χ4v) is 2.23. The number of ether oxygens (including phenoxy) is 2. The molecule has 21 heavy (non-hydrogen) atoms. The van der Waals surface area contributed by atoms with E-state index in [1.54, 1.807) is 0 Å². The highest BCUT2D eigenvalue weighted by Crippen LogP contribution is 2.12. The fourth-order valence-electron chi connectivity index (χ4n) is 2.23. The number of nitrogens with one attached hydrogen (secondary N) is 1. The molecule has 0 amide bonds. The molecule has 0 bridgehead atoms. The van der Waals surface area contributed by atoms with Gasteiger partial charge in [-0.05, 0) is 24.1 Å². The quantitative estimate of drug-likeness (QED) is 0.762. The largest absolute Gasteiger partial charge is 0.482 e. The number of rotatable bonds is 7. The predicted octanol–water partition coefficient (Wildman–Crippen LogP) is 1.08. The first-order valence-electron chi connectivity index (χ1n) is 7.58. The average molecular weight is 292 g/mol. The number of benzene rings is 1. The Morgan fingerprint density at radius 2 is 1.95 bits per heavy atom. The van der Waals surface area contributed by atoms with Crippen molar-refractivity contribution in [1.29, 1.82) is 0 Å². The number of piperazine rings is 1. The van der Waals surface area contributed by atoms with Crippen LogP contribution in [0.5, 0.6) is 5.75 Å². The summed E-state index contributed by atoms with van der Waals surface area (Å²) in [5.41, 5.74) is 1.25. The Balaban J connectivity index is 1.60. The van der Waals surface area contributed by atoms with Gasteiger partial charge in [0.25, 0.3) is 0 Å². The number of hydrogen-bond donors (Lipinski definition) is 1. The monoisotopic (exact) mass is 292 g/mol. The minimum atomic E-state index is -0.315. The summed E-state index contributed by atoms with van der Waals surface area (Å²) in [6.45, 7) is 7.32. The Kier molecular flexibility index (Phi) is 6.50. The Labute approximate surface area is 126 Å². The maximum atomic E-state index is 11.6. The SMILES string of the molecule is CCc1ccc(OCC(=O)OCCN2CCNCC2)cc1. The summed E-state index contributed by atoms with van der Waals surface area (Å²) in [6, 6.07) is 7.77. The predicted molar refractivity (Wildman–Crippen MR) is 81.6 cm³/mol. The first kappa shape index (κ1) is 15.8. The van der Waals surface area contributed by atoms with Crippen molar-refractivity contribution in [2.24, 2.45) is 0 Å². The molecule has 0 saturated carbocycles. The second-order valence-corrected chi connectivity index (χ2v) is 5.10. The molecule has 0 atom stereocenters. The molecule has 0 radical (unpaired) electrons. The van der Waals surface area contributed by atoms with E-state index in [1.165, 1.54) is 5.56 Å². The molecule has 0 aromatic heterocycles. The van der Waals surface area contributed by atoms with Crippen molar-refractivity contribution in [3.63, 3.8) is 0 Å². The van der Waals surface area contributed by atoms with Crippen molar-refractivity contribution < 1.29 is 14.3 Å². The first-order chi connectivity index (χ1) is 10.3. The van der Waals surface area contributed by atoms with Gasteiger partial charge in [-0.2, -0.15) is 0 Å². The lowest BCUT2D eigenvalue weighted by atomic mass is 10.2. The summed E-state index contributed by atoms with van der Waals surface area (Å²) in [7, 11) is 0. The molecule has 1 aliphatic rings. The smallest absolute Gasteiger partial charge is 0.344 e. The van der Waals surface area contributed by atoms with Crippen molar-refractivity contribution in [3.05, 3.63) is 29.8 Å². The number of hydrogen-bond acceptors (Lipinski definition) is 5. The third-order valence-corrected chi connectivity index (χ3v) is 3.57. The van der Waals surface area contributed by atoms with Crippen LogP contribution in [-0.2, 0) is 16.0 Å². The number of esters is 1. The topological polar surface area (TPSA) is 50.8 Å². The van der Waals surface area contributed by atoms with E-state index in [0.29, 0.717) is 12.4 Å². The van der Waals surface area contributed by atoms with Gasteiger partial charge in [0.2, 0.25) is 0 Å². The average Bonchev–Trinajstić information content (AvgIpc) is 2.54. The zero-order valence-electron chi connectivity index (χ0n) is 12.6. The van der Waals surface area contributed by atoms with Crippen LogP contribution in [0.1, 0.15) is 12.5 Å². The zero-order valence-corrected chi connectivity index (χ0v) is 12.6. The third kappa shape index (κ3) is 5.73. The molecule has 0 unspecified atom stereocenters. The summed E-state index contributed by atoms with van der Waals surface area (Å²) in [5, 5.41) is 3.29. The molecule has 5 nitrogen and oxygen atoms in total. The summed E-state index contributed by atoms with van der Waals surface area (Å²) < 4.78 is 10.6. The molecule has 116 valence electrons. The summed E-state index contributed by atoms with van der Waals surface area (Å²) in [6.07, 6.45) is 0.994. The second kappa shape index (κ2) is 8.64. The van der Waals surface area contributed by atoms with Crippen molar-refractivity contribution >= 4 is 5.97 Å². The number of carbonyl (C=O) groups excluding carboxylic acids is 1. The van der Waals surface area contributed by atoms with E-state index in [1.807, 2.05) is 24.3 Å². The molecule has 5 heteroatoms. The van der Waals surface area contributed by atoms with Gasteiger partial charge in [0.05, 0.1) is 0 Å². The standard InChI is InChI=1S/C16H24N2O3/c1-2-14-3-5-15(6-4-14)21-13-16(19)20-12-11-18-9-7-17-8-10-18/h3-6,17H,2,7-13H2,1H3. The first-order valence-corrected chi connectivity index (χ1v) is 7.58. The van der Waals surface area contributed by atoms with Crippen LogP contribution in [0.2, 0.25) is 0 Å². The fraction of sp³-hybridized carbons (Fsp3) is 0.562. The van der Waals surface area contributed by atoms with Crippen molar-refractivity contribution in [3.8, 4) is 5.75 Å². The maximum Gasteiger partial charge on any atom is 0.344 e. The van der Waals surface area contributed by atoms with Gasteiger partial charge in [-0.1, -0.05) is 19.1 Å². The van der Waals surface area contributed by atoms with Crippen molar-refractivity contribution in [2.75, 3.05) is 45.9 Å². The third-order valence-electron chi connectivity index (χ3n) is 3.57. The van der Waals surface area contributed by atoms with Crippen molar-refractivity contribution in [1.82, 2.24) is 10.2 Å². The maximum absolute atomic E-state index is 11.6. The summed E-state index contributed by atoms with van der Waals surface area (Å²) >= 11 is 0. The lowest BCUT2D eigenvalue weighted by molar-refractivity contribution is -0.146. The Morgan fingerprint density at radius 1 is 1.24 bits per heavy atom.